The molecule has 0 fully saturated rings. The molecule has 0 radical (unpaired) electrons. The van der Waals surface area contributed by atoms with Gasteiger partial charge in [0.2, 0.25) is 0 Å². The maximum Gasteiger partial charge on any atom is 0.188 e. The number of hydrogen-bond donors (Lipinski definition) is 0. The summed E-state index contributed by atoms with van der Waals surface area (Å²) in [5, 5.41) is 0. The van der Waals surface area contributed by atoms with E-state index in [1.54, 1.807) is 14.2 Å². The third-order valence-corrected chi connectivity index (χ3v) is 1.86. The monoisotopic (exact) mass is 143 g/mol. The summed E-state index contributed by atoms with van der Waals surface area (Å²) in [7, 11) is 3.43. The van der Waals surface area contributed by atoms with Crippen molar-refractivity contribution in [3.63, 3.8) is 0 Å². The Labute approximate surface area is 63.3 Å². The number of aliphatic imine (C=N–C) groups is 1. The summed E-state index contributed by atoms with van der Waals surface area (Å²) in [6.07, 6.45) is 1.05. The fourth-order valence-corrected chi connectivity index (χ4v) is 0.821. The van der Waals surface area contributed by atoms with E-state index in [-0.39, 0.29) is 5.41 Å². The molecule has 0 aliphatic rings. The van der Waals surface area contributed by atoms with Gasteiger partial charge in [0.1, 0.15) is 0 Å². The van der Waals surface area contributed by atoms with Gasteiger partial charge >= 0.3 is 0 Å². The maximum absolute atomic E-state index is 5.11. The van der Waals surface area contributed by atoms with E-state index in [0.717, 1.165) is 12.3 Å². The van der Waals surface area contributed by atoms with Crippen LogP contribution in [-0.4, -0.2) is 20.1 Å². The molecule has 0 bridgehead atoms. The van der Waals surface area contributed by atoms with Gasteiger partial charge in [0, 0.05) is 12.5 Å². The molecular weight excluding hydrogens is 126 g/mol. The third-order valence-electron chi connectivity index (χ3n) is 1.86. The van der Waals surface area contributed by atoms with Crippen LogP contribution in [0.2, 0.25) is 0 Å². The zero-order valence-corrected chi connectivity index (χ0v) is 7.56. The molecule has 0 N–H and O–H groups in total. The van der Waals surface area contributed by atoms with Crippen LogP contribution in [0.25, 0.3) is 0 Å². The van der Waals surface area contributed by atoms with Crippen LogP contribution in [-0.2, 0) is 4.74 Å². The predicted molar refractivity (Wildman–Crippen MR) is 44.4 cm³/mol. The fraction of sp³-hybridized carbons (Fsp3) is 0.875. The smallest absolute Gasteiger partial charge is 0.188 e. The van der Waals surface area contributed by atoms with E-state index in [1.165, 1.54) is 0 Å². The number of methoxy groups -OCH3 is 1. The van der Waals surface area contributed by atoms with Gasteiger partial charge in [0.25, 0.3) is 0 Å². The highest BCUT2D eigenvalue weighted by Crippen LogP contribution is 2.21. The van der Waals surface area contributed by atoms with E-state index < -0.39 is 0 Å². The van der Waals surface area contributed by atoms with Crippen molar-refractivity contribution in [1.29, 1.82) is 0 Å². The second-order valence-corrected chi connectivity index (χ2v) is 2.97. The SMILES string of the molecule is CCC(C)(C)C(=NC)OC. The normalized spacial score (nSPS) is 13.5. The summed E-state index contributed by atoms with van der Waals surface area (Å²) < 4.78 is 5.11. The van der Waals surface area contributed by atoms with Crippen LogP contribution in [0.4, 0.5) is 0 Å². The summed E-state index contributed by atoms with van der Waals surface area (Å²) in [6.45, 7) is 6.38. The van der Waals surface area contributed by atoms with E-state index in [0.29, 0.717) is 0 Å². The minimum Gasteiger partial charge on any atom is -0.484 e. The molecule has 0 atom stereocenters. The Morgan fingerprint density at radius 3 is 2.10 bits per heavy atom. The molecule has 0 spiro atoms. The molecular formula is C8H17NO. The summed E-state index contributed by atoms with van der Waals surface area (Å²) in [5.74, 6) is 0.829. The van der Waals surface area contributed by atoms with Crippen LogP contribution >= 0.6 is 0 Å². The highest BCUT2D eigenvalue weighted by molar-refractivity contribution is 5.81. The molecule has 0 heterocycles. The van der Waals surface area contributed by atoms with Gasteiger partial charge in [-0.25, -0.2) is 0 Å². The average Bonchev–Trinajstić information content (AvgIpc) is 1.90. The molecule has 0 saturated heterocycles. The second-order valence-electron chi connectivity index (χ2n) is 2.97. The Balaban J connectivity index is 4.28. The van der Waals surface area contributed by atoms with Gasteiger partial charge in [0.05, 0.1) is 7.11 Å². The molecule has 0 saturated carbocycles. The summed E-state index contributed by atoms with van der Waals surface area (Å²) in [5.41, 5.74) is 0.0868. The summed E-state index contributed by atoms with van der Waals surface area (Å²) in [6, 6.07) is 0. The van der Waals surface area contributed by atoms with Crippen molar-refractivity contribution in [2.45, 2.75) is 27.2 Å². The molecule has 2 heteroatoms. The number of rotatable bonds is 2. The number of hydrogen-bond acceptors (Lipinski definition) is 2. The van der Waals surface area contributed by atoms with Crippen molar-refractivity contribution in [2.75, 3.05) is 14.2 Å². The molecule has 0 aromatic heterocycles. The zero-order chi connectivity index (χ0) is 8.20. The Hall–Kier alpha value is -0.530. The molecule has 0 unspecified atom stereocenters. The first-order chi connectivity index (χ1) is 4.58. The van der Waals surface area contributed by atoms with Crippen molar-refractivity contribution >= 4 is 5.90 Å². The quantitative estimate of drug-likeness (QED) is 0.428. The number of ether oxygens (including phenoxy) is 1. The fourth-order valence-electron chi connectivity index (χ4n) is 0.821. The first-order valence-corrected chi connectivity index (χ1v) is 3.59. The lowest BCUT2D eigenvalue weighted by Crippen LogP contribution is -2.24. The first kappa shape index (κ1) is 9.47. The minimum absolute atomic E-state index is 0.0868. The topological polar surface area (TPSA) is 21.6 Å². The van der Waals surface area contributed by atoms with Gasteiger partial charge in [0.15, 0.2) is 5.90 Å². The van der Waals surface area contributed by atoms with Crippen LogP contribution in [0.3, 0.4) is 0 Å². The van der Waals surface area contributed by atoms with E-state index in [4.69, 9.17) is 4.74 Å². The van der Waals surface area contributed by atoms with E-state index in [9.17, 15) is 0 Å². The largest absolute Gasteiger partial charge is 0.484 e. The highest BCUT2D eigenvalue weighted by atomic mass is 16.5. The van der Waals surface area contributed by atoms with Crippen molar-refractivity contribution in [2.24, 2.45) is 10.4 Å². The summed E-state index contributed by atoms with van der Waals surface area (Å²) in [4.78, 5) is 4.04. The lowest BCUT2D eigenvalue weighted by molar-refractivity contribution is 0.317. The molecule has 2 nitrogen and oxygen atoms in total. The Morgan fingerprint density at radius 1 is 1.50 bits per heavy atom. The number of nitrogens with zero attached hydrogens (tertiary/aromatic N) is 1. The lowest BCUT2D eigenvalue weighted by Gasteiger charge is -2.22. The summed E-state index contributed by atoms with van der Waals surface area (Å²) >= 11 is 0. The van der Waals surface area contributed by atoms with Gasteiger partial charge < -0.3 is 4.74 Å². The van der Waals surface area contributed by atoms with Gasteiger partial charge in [-0.2, -0.15) is 0 Å². The van der Waals surface area contributed by atoms with Crippen LogP contribution in [0.5, 0.6) is 0 Å². The Bertz CT molecular complexity index is 127. The molecule has 0 aliphatic heterocycles. The van der Waals surface area contributed by atoms with Crippen molar-refractivity contribution in [1.82, 2.24) is 0 Å². The molecule has 0 rings (SSSR count). The lowest BCUT2D eigenvalue weighted by atomic mass is 9.90. The molecule has 0 aromatic carbocycles. The van der Waals surface area contributed by atoms with Crippen LogP contribution in [0.1, 0.15) is 27.2 Å². The maximum atomic E-state index is 5.11. The highest BCUT2D eigenvalue weighted by Gasteiger charge is 2.22. The van der Waals surface area contributed by atoms with Crippen molar-refractivity contribution in [3.8, 4) is 0 Å². The standard InChI is InChI=1S/C8H17NO/c1-6-8(2,3)7(9-4)10-5/h6H2,1-5H3. The van der Waals surface area contributed by atoms with Crippen molar-refractivity contribution in [3.05, 3.63) is 0 Å². The molecule has 0 amide bonds. The van der Waals surface area contributed by atoms with Crippen molar-refractivity contribution < 1.29 is 4.74 Å². The first-order valence-electron chi connectivity index (χ1n) is 3.59. The Morgan fingerprint density at radius 2 is 2.00 bits per heavy atom. The molecule has 10 heavy (non-hydrogen) atoms. The molecule has 0 aromatic rings. The third kappa shape index (κ3) is 2.01. The Kier molecular flexibility index (Phi) is 3.40. The zero-order valence-electron chi connectivity index (χ0n) is 7.56. The van der Waals surface area contributed by atoms with Gasteiger partial charge in [-0.05, 0) is 6.42 Å². The van der Waals surface area contributed by atoms with Crippen LogP contribution in [0.15, 0.2) is 4.99 Å². The van der Waals surface area contributed by atoms with Gasteiger partial charge in [-0.1, -0.05) is 20.8 Å². The van der Waals surface area contributed by atoms with E-state index in [2.05, 4.69) is 25.8 Å². The minimum atomic E-state index is 0.0868. The molecule has 60 valence electrons. The van der Waals surface area contributed by atoms with Crippen LogP contribution < -0.4 is 0 Å². The van der Waals surface area contributed by atoms with Gasteiger partial charge in [-0.15, -0.1) is 0 Å². The predicted octanol–water partition coefficient (Wildman–Crippen LogP) is 2.10. The van der Waals surface area contributed by atoms with Crippen LogP contribution in [0, 0.1) is 5.41 Å². The van der Waals surface area contributed by atoms with E-state index >= 15 is 0 Å². The van der Waals surface area contributed by atoms with Gasteiger partial charge in [-0.3, -0.25) is 4.99 Å². The second kappa shape index (κ2) is 3.59. The molecule has 0 aliphatic carbocycles. The van der Waals surface area contributed by atoms with E-state index in [1.807, 2.05) is 0 Å². The average molecular weight is 143 g/mol.